The highest BCUT2D eigenvalue weighted by Crippen LogP contribution is 2.28. The van der Waals surface area contributed by atoms with E-state index in [2.05, 4.69) is 0 Å². The summed E-state index contributed by atoms with van der Waals surface area (Å²) in [5.41, 5.74) is 2.08. The lowest BCUT2D eigenvalue weighted by atomic mass is 9.98. The highest BCUT2D eigenvalue weighted by Gasteiger charge is 2.27. The van der Waals surface area contributed by atoms with Crippen molar-refractivity contribution < 1.29 is 15.0 Å². The van der Waals surface area contributed by atoms with Crippen LogP contribution in [0, 0.1) is 0 Å². The molecule has 0 bridgehead atoms. The van der Waals surface area contributed by atoms with Crippen molar-refractivity contribution in [2.24, 2.45) is 0 Å². The van der Waals surface area contributed by atoms with E-state index in [0.29, 0.717) is 12.3 Å². The molecule has 1 aliphatic heterocycles. The van der Waals surface area contributed by atoms with Crippen LogP contribution in [0.4, 0.5) is 0 Å². The summed E-state index contributed by atoms with van der Waals surface area (Å²) < 4.78 is 0. The molecule has 2 N–H and O–H groups in total. The summed E-state index contributed by atoms with van der Waals surface area (Å²) in [6.07, 6.45) is 1.31. The number of amides is 1. The number of phenolic OH excluding ortho intramolecular Hbond substituents is 2. The second kappa shape index (κ2) is 6.10. The van der Waals surface area contributed by atoms with Crippen LogP contribution in [-0.4, -0.2) is 34.1 Å². The summed E-state index contributed by atoms with van der Waals surface area (Å²) in [5, 5.41) is 18.6. The molecule has 4 heteroatoms. The Morgan fingerprint density at radius 1 is 1.00 bits per heavy atom. The molecule has 114 valence electrons. The van der Waals surface area contributed by atoms with Gasteiger partial charge in [0.05, 0.1) is 6.42 Å². The topological polar surface area (TPSA) is 60.8 Å². The van der Waals surface area contributed by atoms with Gasteiger partial charge in [-0.3, -0.25) is 4.79 Å². The first-order valence-corrected chi connectivity index (χ1v) is 7.46. The van der Waals surface area contributed by atoms with E-state index in [4.69, 9.17) is 0 Å². The van der Waals surface area contributed by atoms with Crippen LogP contribution in [0.25, 0.3) is 0 Å². The van der Waals surface area contributed by atoms with E-state index in [-0.39, 0.29) is 17.4 Å². The number of carbonyl (C=O) groups excluding carboxylic acids is 1. The molecule has 2 aromatic rings. The van der Waals surface area contributed by atoms with Crippen molar-refractivity contribution in [1.29, 1.82) is 0 Å². The minimum atomic E-state index is 0.118. The Morgan fingerprint density at radius 2 is 1.59 bits per heavy atom. The number of likely N-dealkylation sites (tertiary alicyclic amines) is 1. The Balaban J connectivity index is 1.61. The molecule has 1 heterocycles. The van der Waals surface area contributed by atoms with Crippen LogP contribution in [-0.2, 0) is 11.2 Å². The van der Waals surface area contributed by atoms with Crippen LogP contribution < -0.4 is 0 Å². The molecule has 1 unspecified atom stereocenters. The molecule has 1 atom stereocenters. The molecule has 0 spiro atoms. The molecule has 1 aliphatic rings. The van der Waals surface area contributed by atoms with Gasteiger partial charge < -0.3 is 15.1 Å². The molecule has 3 rings (SSSR count). The second-order valence-corrected chi connectivity index (χ2v) is 5.76. The van der Waals surface area contributed by atoms with Gasteiger partial charge in [-0.05, 0) is 41.8 Å². The largest absolute Gasteiger partial charge is 0.508 e. The third-order valence-electron chi connectivity index (χ3n) is 4.20. The Morgan fingerprint density at radius 3 is 2.23 bits per heavy atom. The molecular weight excluding hydrogens is 278 g/mol. The molecule has 0 aliphatic carbocycles. The lowest BCUT2D eigenvalue weighted by Crippen LogP contribution is -2.29. The van der Waals surface area contributed by atoms with Crippen molar-refractivity contribution in [2.45, 2.75) is 18.8 Å². The Bertz CT molecular complexity index is 649. The van der Waals surface area contributed by atoms with Crippen LogP contribution in [0.1, 0.15) is 23.5 Å². The summed E-state index contributed by atoms with van der Waals surface area (Å²) >= 11 is 0. The maximum absolute atomic E-state index is 12.4. The van der Waals surface area contributed by atoms with Crippen molar-refractivity contribution in [1.82, 2.24) is 4.90 Å². The molecule has 0 saturated carbocycles. The highest BCUT2D eigenvalue weighted by atomic mass is 16.3. The molecule has 1 fully saturated rings. The van der Waals surface area contributed by atoms with Crippen LogP contribution in [0.5, 0.6) is 11.5 Å². The minimum Gasteiger partial charge on any atom is -0.508 e. The van der Waals surface area contributed by atoms with Crippen molar-refractivity contribution in [3.8, 4) is 11.5 Å². The fraction of sp³-hybridized carbons (Fsp3) is 0.278. The molecular formula is C18H19NO3. The predicted molar refractivity (Wildman–Crippen MR) is 83.9 cm³/mol. The summed E-state index contributed by atoms with van der Waals surface area (Å²) in [4.78, 5) is 14.2. The summed E-state index contributed by atoms with van der Waals surface area (Å²) in [6, 6.07) is 14.0. The number of benzene rings is 2. The van der Waals surface area contributed by atoms with Gasteiger partial charge in [-0.25, -0.2) is 0 Å². The van der Waals surface area contributed by atoms with Gasteiger partial charge in [-0.2, -0.15) is 0 Å². The fourth-order valence-corrected chi connectivity index (χ4v) is 2.91. The van der Waals surface area contributed by atoms with E-state index in [0.717, 1.165) is 30.6 Å². The molecule has 22 heavy (non-hydrogen) atoms. The number of hydrogen-bond acceptors (Lipinski definition) is 3. The Labute approximate surface area is 129 Å². The van der Waals surface area contributed by atoms with Crippen molar-refractivity contribution in [3.05, 3.63) is 59.7 Å². The lowest BCUT2D eigenvalue weighted by molar-refractivity contribution is -0.129. The zero-order valence-corrected chi connectivity index (χ0v) is 12.3. The standard InChI is InChI=1S/C18H19NO3/c20-16-5-1-13(2-6-16)11-18(22)19-10-9-15(12-19)14-3-7-17(21)8-4-14/h1-8,15,20-21H,9-12H2. The zero-order chi connectivity index (χ0) is 15.5. The normalized spacial score (nSPS) is 17.6. The van der Waals surface area contributed by atoms with E-state index in [1.165, 1.54) is 0 Å². The maximum atomic E-state index is 12.4. The predicted octanol–water partition coefficient (Wildman–Crippen LogP) is 2.66. The first-order valence-electron chi connectivity index (χ1n) is 7.46. The maximum Gasteiger partial charge on any atom is 0.227 e. The van der Waals surface area contributed by atoms with Gasteiger partial charge >= 0.3 is 0 Å². The van der Waals surface area contributed by atoms with E-state index < -0.39 is 0 Å². The molecule has 2 aromatic carbocycles. The van der Waals surface area contributed by atoms with Gasteiger partial charge in [-0.15, -0.1) is 0 Å². The first-order chi connectivity index (χ1) is 10.6. The van der Waals surface area contributed by atoms with Gasteiger partial charge in [0.1, 0.15) is 11.5 Å². The van der Waals surface area contributed by atoms with E-state index in [1.807, 2.05) is 17.0 Å². The number of rotatable bonds is 3. The summed E-state index contributed by atoms with van der Waals surface area (Å²) in [7, 11) is 0. The van der Waals surface area contributed by atoms with Crippen LogP contribution in [0.3, 0.4) is 0 Å². The smallest absolute Gasteiger partial charge is 0.227 e. The number of phenols is 2. The zero-order valence-electron chi connectivity index (χ0n) is 12.3. The average Bonchev–Trinajstić information content (AvgIpc) is 3.00. The van der Waals surface area contributed by atoms with E-state index in [9.17, 15) is 15.0 Å². The summed E-state index contributed by atoms with van der Waals surface area (Å²) in [6.45, 7) is 1.49. The van der Waals surface area contributed by atoms with Crippen molar-refractivity contribution >= 4 is 5.91 Å². The third-order valence-corrected chi connectivity index (χ3v) is 4.20. The molecule has 1 amide bonds. The number of carbonyl (C=O) groups is 1. The van der Waals surface area contributed by atoms with Gasteiger partial charge in [0.15, 0.2) is 0 Å². The number of nitrogens with zero attached hydrogens (tertiary/aromatic N) is 1. The number of aromatic hydroxyl groups is 2. The van der Waals surface area contributed by atoms with Crippen molar-refractivity contribution in [2.75, 3.05) is 13.1 Å². The first kappa shape index (κ1) is 14.4. The summed E-state index contributed by atoms with van der Waals surface area (Å²) in [5.74, 6) is 0.933. The molecule has 0 aromatic heterocycles. The van der Waals surface area contributed by atoms with Gasteiger partial charge in [0.25, 0.3) is 0 Å². The van der Waals surface area contributed by atoms with Crippen LogP contribution >= 0.6 is 0 Å². The molecule has 4 nitrogen and oxygen atoms in total. The highest BCUT2D eigenvalue weighted by molar-refractivity contribution is 5.79. The van der Waals surface area contributed by atoms with Crippen LogP contribution in [0.2, 0.25) is 0 Å². The quantitative estimate of drug-likeness (QED) is 0.915. The van der Waals surface area contributed by atoms with Gasteiger partial charge in [-0.1, -0.05) is 24.3 Å². The second-order valence-electron chi connectivity index (χ2n) is 5.76. The lowest BCUT2D eigenvalue weighted by Gasteiger charge is -2.17. The van der Waals surface area contributed by atoms with Gasteiger partial charge in [0.2, 0.25) is 5.91 Å². The number of hydrogen-bond donors (Lipinski definition) is 2. The minimum absolute atomic E-state index is 0.118. The third kappa shape index (κ3) is 3.22. The van der Waals surface area contributed by atoms with E-state index in [1.54, 1.807) is 36.4 Å². The SMILES string of the molecule is O=C(Cc1ccc(O)cc1)N1CCC(c2ccc(O)cc2)C1. The van der Waals surface area contributed by atoms with E-state index >= 15 is 0 Å². The molecule has 0 radical (unpaired) electrons. The Hall–Kier alpha value is -2.49. The fourth-order valence-electron chi connectivity index (χ4n) is 2.91. The van der Waals surface area contributed by atoms with Crippen LogP contribution in [0.15, 0.2) is 48.5 Å². The monoisotopic (exact) mass is 297 g/mol. The van der Waals surface area contributed by atoms with Crippen molar-refractivity contribution in [3.63, 3.8) is 0 Å². The molecule has 1 saturated heterocycles. The average molecular weight is 297 g/mol. The Kier molecular flexibility index (Phi) is 4.00. The van der Waals surface area contributed by atoms with Gasteiger partial charge in [0, 0.05) is 19.0 Å².